The van der Waals surface area contributed by atoms with Crippen molar-refractivity contribution in [2.24, 2.45) is 0 Å². The maximum absolute atomic E-state index is 13.6. The minimum atomic E-state index is -0.776. The van der Waals surface area contributed by atoms with E-state index in [9.17, 15) is 9.18 Å². The zero-order valence-electron chi connectivity index (χ0n) is 12.0. The van der Waals surface area contributed by atoms with Gasteiger partial charge in [0.25, 0.3) is 0 Å². The van der Waals surface area contributed by atoms with Crippen molar-refractivity contribution < 1.29 is 9.18 Å². The molecular weight excluding hydrogens is 275 g/mol. The molecule has 8 heteroatoms. The number of likely N-dealkylation sites (tertiary alicyclic amines) is 1. The van der Waals surface area contributed by atoms with Gasteiger partial charge in [0.2, 0.25) is 5.91 Å². The first-order valence-corrected chi connectivity index (χ1v) is 6.99. The Labute approximate surface area is 121 Å². The monoisotopic (exact) mass is 292 g/mol. The number of anilines is 1. The molecule has 2 aromatic rings. The Balaban J connectivity index is 1.87. The quantitative estimate of drug-likeness (QED) is 0.855. The number of aromatic nitrogens is 4. The second kappa shape index (κ2) is 5.27. The van der Waals surface area contributed by atoms with Gasteiger partial charge in [-0.3, -0.25) is 4.79 Å². The highest BCUT2D eigenvalue weighted by molar-refractivity contribution is 5.83. The van der Waals surface area contributed by atoms with Crippen LogP contribution >= 0.6 is 0 Å². The standard InChI is InChI=1S/C13H17FN6O/c1-3-19-7-15-10-11(17-13(14)18-12(10)19)16-9-4-5-20(6-9)8(2)21/h7,9H,3-6H2,1-2H3,(H,16,17,18)/t9-/m0/s1. The average molecular weight is 292 g/mol. The predicted octanol–water partition coefficient (Wildman–Crippen LogP) is 1.02. The minimum Gasteiger partial charge on any atom is -0.363 e. The summed E-state index contributed by atoms with van der Waals surface area (Å²) in [4.78, 5) is 25.0. The van der Waals surface area contributed by atoms with E-state index in [1.165, 1.54) is 0 Å². The molecule has 1 saturated heterocycles. The SMILES string of the molecule is CCn1cnc2c(N[C@H]3CCN(C(C)=O)C3)nc(F)nc21. The fourth-order valence-corrected chi connectivity index (χ4v) is 2.61. The number of fused-ring (bicyclic) bond motifs is 1. The molecule has 3 heterocycles. The van der Waals surface area contributed by atoms with Gasteiger partial charge in [-0.15, -0.1) is 0 Å². The van der Waals surface area contributed by atoms with E-state index in [0.29, 0.717) is 36.6 Å². The van der Waals surface area contributed by atoms with Gasteiger partial charge in [-0.05, 0) is 13.3 Å². The number of carbonyl (C=O) groups excluding carboxylic acids is 1. The zero-order chi connectivity index (χ0) is 15.0. The largest absolute Gasteiger partial charge is 0.363 e. The molecule has 1 aliphatic heterocycles. The third-order valence-corrected chi connectivity index (χ3v) is 3.75. The second-order valence-electron chi connectivity index (χ2n) is 5.14. The van der Waals surface area contributed by atoms with E-state index in [1.54, 1.807) is 22.7 Å². The molecule has 0 aliphatic carbocycles. The van der Waals surface area contributed by atoms with Crippen LogP contribution in [0, 0.1) is 6.08 Å². The van der Waals surface area contributed by atoms with Crippen LogP contribution in [0.15, 0.2) is 6.33 Å². The number of hydrogen-bond donors (Lipinski definition) is 1. The average Bonchev–Trinajstić information content (AvgIpc) is 3.05. The number of amides is 1. The zero-order valence-corrected chi connectivity index (χ0v) is 12.0. The molecule has 7 nitrogen and oxygen atoms in total. The molecule has 1 fully saturated rings. The molecule has 1 aliphatic rings. The number of hydrogen-bond acceptors (Lipinski definition) is 5. The number of nitrogens with zero attached hydrogens (tertiary/aromatic N) is 5. The van der Waals surface area contributed by atoms with E-state index in [-0.39, 0.29) is 11.9 Å². The fraction of sp³-hybridized carbons (Fsp3) is 0.538. The van der Waals surface area contributed by atoms with Crippen molar-refractivity contribution in [1.29, 1.82) is 0 Å². The van der Waals surface area contributed by atoms with Crippen molar-refractivity contribution in [1.82, 2.24) is 24.4 Å². The molecule has 0 spiro atoms. The van der Waals surface area contributed by atoms with Gasteiger partial charge in [0, 0.05) is 32.6 Å². The number of halogens is 1. The van der Waals surface area contributed by atoms with Gasteiger partial charge in [0.15, 0.2) is 17.0 Å². The Kier molecular flexibility index (Phi) is 3.44. The van der Waals surface area contributed by atoms with Crippen LogP contribution in [0.3, 0.4) is 0 Å². The molecule has 1 amide bonds. The van der Waals surface area contributed by atoms with Crippen LogP contribution in [0.5, 0.6) is 0 Å². The Hall–Kier alpha value is -2.25. The lowest BCUT2D eigenvalue weighted by molar-refractivity contribution is -0.127. The minimum absolute atomic E-state index is 0.0496. The van der Waals surface area contributed by atoms with Gasteiger partial charge >= 0.3 is 6.08 Å². The highest BCUT2D eigenvalue weighted by atomic mass is 19.1. The number of carbonyl (C=O) groups is 1. The van der Waals surface area contributed by atoms with E-state index in [0.717, 1.165) is 6.42 Å². The Morgan fingerprint density at radius 3 is 3.00 bits per heavy atom. The number of rotatable bonds is 3. The van der Waals surface area contributed by atoms with E-state index >= 15 is 0 Å². The molecule has 0 unspecified atom stereocenters. The summed E-state index contributed by atoms with van der Waals surface area (Å²) in [5.41, 5.74) is 1.04. The topological polar surface area (TPSA) is 75.9 Å². The van der Waals surface area contributed by atoms with Gasteiger partial charge in [-0.2, -0.15) is 14.4 Å². The van der Waals surface area contributed by atoms with Gasteiger partial charge in [0.1, 0.15) is 0 Å². The number of imidazole rings is 1. The van der Waals surface area contributed by atoms with Gasteiger partial charge < -0.3 is 14.8 Å². The Morgan fingerprint density at radius 2 is 2.33 bits per heavy atom. The molecule has 3 rings (SSSR count). The lowest BCUT2D eigenvalue weighted by Gasteiger charge is -2.15. The van der Waals surface area contributed by atoms with Crippen LogP contribution in [0.1, 0.15) is 20.3 Å². The fourth-order valence-electron chi connectivity index (χ4n) is 2.61. The highest BCUT2D eigenvalue weighted by Crippen LogP contribution is 2.21. The summed E-state index contributed by atoms with van der Waals surface area (Å²) in [5.74, 6) is 0.439. The summed E-state index contributed by atoms with van der Waals surface area (Å²) < 4.78 is 15.4. The maximum atomic E-state index is 13.6. The Bertz CT molecular complexity index is 685. The smallest absolute Gasteiger partial charge is 0.312 e. The summed E-state index contributed by atoms with van der Waals surface area (Å²) in [6.45, 7) is 5.45. The van der Waals surface area contributed by atoms with Crippen LogP contribution in [-0.2, 0) is 11.3 Å². The summed E-state index contributed by atoms with van der Waals surface area (Å²) in [7, 11) is 0. The first kappa shape index (κ1) is 13.7. The van der Waals surface area contributed by atoms with Gasteiger partial charge in [-0.25, -0.2) is 4.98 Å². The van der Waals surface area contributed by atoms with Crippen molar-refractivity contribution >= 4 is 22.9 Å². The molecule has 0 bridgehead atoms. The van der Waals surface area contributed by atoms with Crippen LogP contribution in [-0.4, -0.2) is 49.5 Å². The lowest BCUT2D eigenvalue weighted by Crippen LogP contribution is -2.30. The second-order valence-corrected chi connectivity index (χ2v) is 5.14. The van der Waals surface area contributed by atoms with Crippen LogP contribution in [0.4, 0.5) is 10.2 Å². The molecule has 0 radical (unpaired) electrons. The molecule has 2 aromatic heterocycles. The van der Waals surface area contributed by atoms with E-state index in [2.05, 4.69) is 20.3 Å². The molecular formula is C13H17FN6O. The highest BCUT2D eigenvalue weighted by Gasteiger charge is 2.25. The van der Waals surface area contributed by atoms with Crippen LogP contribution < -0.4 is 5.32 Å². The van der Waals surface area contributed by atoms with Gasteiger partial charge in [-0.1, -0.05) is 0 Å². The van der Waals surface area contributed by atoms with Crippen molar-refractivity contribution in [3.05, 3.63) is 12.4 Å². The summed E-state index contributed by atoms with van der Waals surface area (Å²) in [6, 6.07) is 0.0539. The molecule has 0 aromatic carbocycles. The van der Waals surface area contributed by atoms with Crippen LogP contribution in [0.2, 0.25) is 0 Å². The van der Waals surface area contributed by atoms with E-state index in [1.807, 2.05) is 6.92 Å². The van der Waals surface area contributed by atoms with Crippen molar-refractivity contribution in [2.45, 2.75) is 32.9 Å². The first-order chi connectivity index (χ1) is 10.1. The van der Waals surface area contributed by atoms with E-state index < -0.39 is 6.08 Å². The normalized spacial score (nSPS) is 18.4. The summed E-state index contributed by atoms with van der Waals surface area (Å²) >= 11 is 0. The Morgan fingerprint density at radius 1 is 1.52 bits per heavy atom. The lowest BCUT2D eigenvalue weighted by atomic mass is 10.2. The third-order valence-electron chi connectivity index (χ3n) is 3.75. The number of aryl methyl sites for hydroxylation is 1. The van der Waals surface area contributed by atoms with Crippen LogP contribution in [0.25, 0.3) is 11.2 Å². The summed E-state index contributed by atoms with van der Waals surface area (Å²) in [6.07, 6.45) is 1.66. The van der Waals surface area contributed by atoms with Crippen molar-refractivity contribution in [3.63, 3.8) is 0 Å². The molecule has 21 heavy (non-hydrogen) atoms. The van der Waals surface area contributed by atoms with Gasteiger partial charge in [0.05, 0.1) is 6.33 Å². The van der Waals surface area contributed by atoms with Crippen molar-refractivity contribution in [2.75, 3.05) is 18.4 Å². The number of nitrogens with one attached hydrogen (secondary N) is 1. The van der Waals surface area contributed by atoms with E-state index in [4.69, 9.17) is 0 Å². The molecule has 112 valence electrons. The first-order valence-electron chi connectivity index (χ1n) is 6.99. The molecule has 1 N–H and O–H groups in total. The molecule has 0 saturated carbocycles. The third kappa shape index (κ3) is 2.53. The summed E-state index contributed by atoms with van der Waals surface area (Å²) in [5, 5.41) is 3.19. The maximum Gasteiger partial charge on any atom is 0.312 e. The predicted molar refractivity (Wildman–Crippen MR) is 75.2 cm³/mol. The van der Waals surface area contributed by atoms with Crippen molar-refractivity contribution in [3.8, 4) is 0 Å². The molecule has 1 atom stereocenters.